The lowest BCUT2D eigenvalue weighted by molar-refractivity contribution is -0.163. The summed E-state index contributed by atoms with van der Waals surface area (Å²) in [5.74, 6) is -5.41. The van der Waals surface area contributed by atoms with Crippen molar-refractivity contribution >= 4 is 29.9 Å². The SMILES string of the molecule is COC(=O)C(C(=O)OC)[C@@H](C)[C@@H](NC(=O)CCCCCNC(=O)OCc1ccccc1)C(=O)OC. The van der Waals surface area contributed by atoms with Crippen LogP contribution >= 0.6 is 0 Å². The van der Waals surface area contributed by atoms with E-state index in [9.17, 15) is 24.0 Å². The standard InChI is InChI=1S/C24H34N2O9/c1-16(19(21(28)32-2)22(29)33-3)20(23(30)34-4)26-18(27)13-9-6-10-14-25-24(31)35-15-17-11-7-5-8-12-17/h5,7-8,11-12,16,19-20H,6,9-10,13-15H2,1-4H3,(H,25,31)(H,26,27)/t16-,20-/m1/s1. The molecule has 11 nitrogen and oxygen atoms in total. The number of ether oxygens (including phenoxy) is 4. The van der Waals surface area contributed by atoms with Gasteiger partial charge in [-0.2, -0.15) is 0 Å². The summed E-state index contributed by atoms with van der Waals surface area (Å²) in [5, 5.41) is 5.17. The molecule has 11 heteroatoms. The first kappa shape index (κ1) is 29.4. The second-order valence-corrected chi connectivity index (χ2v) is 7.75. The molecule has 0 saturated heterocycles. The van der Waals surface area contributed by atoms with E-state index >= 15 is 0 Å². The van der Waals surface area contributed by atoms with Crippen molar-refractivity contribution in [1.29, 1.82) is 0 Å². The molecule has 0 bridgehead atoms. The van der Waals surface area contributed by atoms with Crippen LogP contribution in [0.25, 0.3) is 0 Å². The minimum Gasteiger partial charge on any atom is -0.468 e. The predicted octanol–water partition coefficient (Wildman–Crippen LogP) is 1.73. The Balaban J connectivity index is 2.43. The average molecular weight is 495 g/mol. The number of hydrogen-bond donors (Lipinski definition) is 2. The zero-order valence-electron chi connectivity index (χ0n) is 20.5. The van der Waals surface area contributed by atoms with Crippen LogP contribution in [0.2, 0.25) is 0 Å². The Morgan fingerprint density at radius 2 is 1.43 bits per heavy atom. The van der Waals surface area contributed by atoms with Crippen LogP contribution in [0.5, 0.6) is 0 Å². The normalized spacial score (nSPS) is 12.1. The summed E-state index contributed by atoms with van der Waals surface area (Å²) in [6.45, 7) is 2.01. The molecule has 2 N–H and O–H groups in total. The van der Waals surface area contributed by atoms with Crippen LogP contribution in [0, 0.1) is 11.8 Å². The molecule has 35 heavy (non-hydrogen) atoms. The first-order chi connectivity index (χ1) is 16.7. The third kappa shape index (κ3) is 10.4. The summed E-state index contributed by atoms with van der Waals surface area (Å²) >= 11 is 0. The zero-order valence-corrected chi connectivity index (χ0v) is 20.5. The van der Waals surface area contributed by atoms with Gasteiger partial charge in [-0.15, -0.1) is 0 Å². The Hall–Kier alpha value is -3.63. The van der Waals surface area contributed by atoms with Crippen molar-refractivity contribution in [3.63, 3.8) is 0 Å². The molecule has 0 aliphatic carbocycles. The van der Waals surface area contributed by atoms with Crippen molar-refractivity contribution in [2.75, 3.05) is 27.9 Å². The number of unbranched alkanes of at least 4 members (excludes halogenated alkanes) is 2. The van der Waals surface area contributed by atoms with Gasteiger partial charge in [-0.1, -0.05) is 43.7 Å². The van der Waals surface area contributed by atoms with E-state index in [1.807, 2.05) is 30.3 Å². The van der Waals surface area contributed by atoms with Gasteiger partial charge in [0.15, 0.2) is 5.92 Å². The predicted molar refractivity (Wildman–Crippen MR) is 124 cm³/mol. The fraction of sp³-hybridized carbons (Fsp3) is 0.542. The van der Waals surface area contributed by atoms with Crippen molar-refractivity contribution in [3.8, 4) is 0 Å². The van der Waals surface area contributed by atoms with Gasteiger partial charge < -0.3 is 29.6 Å². The molecule has 0 fully saturated rings. The molecule has 0 aromatic heterocycles. The largest absolute Gasteiger partial charge is 0.468 e. The highest BCUT2D eigenvalue weighted by molar-refractivity contribution is 5.96. The summed E-state index contributed by atoms with van der Waals surface area (Å²) in [4.78, 5) is 60.5. The molecule has 0 aliphatic heterocycles. The fourth-order valence-electron chi connectivity index (χ4n) is 3.30. The van der Waals surface area contributed by atoms with Gasteiger partial charge in [-0.25, -0.2) is 9.59 Å². The lowest BCUT2D eigenvalue weighted by atomic mass is 9.87. The second-order valence-electron chi connectivity index (χ2n) is 7.75. The Morgan fingerprint density at radius 3 is 2.00 bits per heavy atom. The maximum Gasteiger partial charge on any atom is 0.407 e. The molecule has 0 unspecified atom stereocenters. The van der Waals surface area contributed by atoms with Crippen LogP contribution in [0.4, 0.5) is 4.79 Å². The van der Waals surface area contributed by atoms with Crippen LogP contribution < -0.4 is 10.6 Å². The topological polar surface area (TPSA) is 146 Å². The number of carbonyl (C=O) groups excluding carboxylic acids is 5. The van der Waals surface area contributed by atoms with Crippen molar-refractivity contribution in [2.45, 2.75) is 45.3 Å². The summed E-state index contributed by atoms with van der Waals surface area (Å²) < 4.78 is 19.1. The van der Waals surface area contributed by atoms with E-state index in [1.165, 1.54) is 6.92 Å². The van der Waals surface area contributed by atoms with Crippen LogP contribution in [-0.2, 0) is 44.7 Å². The van der Waals surface area contributed by atoms with Crippen molar-refractivity contribution in [3.05, 3.63) is 35.9 Å². The highest BCUT2D eigenvalue weighted by Gasteiger charge is 2.42. The quantitative estimate of drug-likeness (QED) is 0.171. The molecule has 1 aromatic carbocycles. The third-order valence-corrected chi connectivity index (χ3v) is 5.30. The van der Waals surface area contributed by atoms with Gasteiger partial charge in [-0.3, -0.25) is 14.4 Å². The first-order valence-electron chi connectivity index (χ1n) is 11.2. The van der Waals surface area contributed by atoms with Gasteiger partial charge in [0, 0.05) is 18.9 Å². The van der Waals surface area contributed by atoms with Crippen molar-refractivity contribution in [1.82, 2.24) is 10.6 Å². The summed E-state index contributed by atoms with van der Waals surface area (Å²) in [7, 11) is 3.35. The smallest absolute Gasteiger partial charge is 0.407 e. The maximum atomic E-state index is 12.4. The van der Waals surface area contributed by atoms with E-state index < -0.39 is 47.8 Å². The molecule has 194 valence electrons. The lowest BCUT2D eigenvalue weighted by Gasteiger charge is -2.27. The number of hydrogen-bond acceptors (Lipinski definition) is 9. The molecule has 0 radical (unpaired) electrons. The number of methoxy groups -OCH3 is 3. The molecule has 0 aliphatic rings. The van der Waals surface area contributed by atoms with Gasteiger partial charge in [-0.05, 0) is 18.4 Å². The molecule has 2 amide bonds. The monoisotopic (exact) mass is 494 g/mol. The summed E-state index contributed by atoms with van der Waals surface area (Å²) in [6.07, 6.45) is 1.33. The molecule has 0 heterocycles. The number of esters is 3. The second kappa shape index (κ2) is 16.1. The van der Waals surface area contributed by atoms with E-state index in [2.05, 4.69) is 20.1 Å². The maximum absolute atomic E-state index is 12.4. The van der Waals surface area contributed by atoms with Gasteiger partial charge in [0.05, 0.1) is 21.3 Å². The fourth-order valence-corrected chi connectivity index (χ4v) is 3.30. The number of alkyl carbamates (subject to hydrolysis) is 1. The Kier molecular flexibility index (Phi) is 13.5. The third-order valence-electron chi connectivity index (χ3n) is 5.30. The molecule has 0 spiro atoms. The van der Waals surface area contributed by atoms with Crippen LogP contribution in [0.1, 0.15) is 38.2 Å². The average Bonchev–Trinajstić information content (AvgIpc) is 2.87. The van der Waals surface area contributed by atoms with Crippen LogP contribution in [0.3, 0.4) is 0 Å². The van der Waals surface area contributed by atoms with Gasteiger partial charge in [0.2, 0.25) is 5.91 Å². The van der Waals surface area contributed by atoms with Gasteiger partial charge in [0.1, 0.15) is 12.6 Å². The molecule has 1 aromatic rings. The molecular formula is C24H34N2O9. The van der Waals surface area contributed by atoms with Gasteiger partial charge in [0.25, 0.3) is 0 Å². The first-order valence-corrected chi connectivity index (χ1v) is 11.2. The van der Waals surface area contributed by atoms with E-state index in [0.717, 1.165) is 26.9 Å². The van der Waals surface area contributed by atoms with Crippen molar-refractivity contribution < 1.29 is 42.9 Å². The minimum absolute atomic E-state index is 0.0970. The van der Waals surface area contributed by atoms with Crippen LogP contribution in [0.15, 0.2) is 30.3 Å². The minimum atomic E-state index is -1.41. The highest BCUT2D eigenvalue weighted by Crippen LogP contribution is 2.20. The molecule has 0 saturated carbocycles. The van der Waals surface area contributed by atoms with Crippen LogP contribution in [-0.4, -0.2) is 63.8 Å². The molecule has 1 rings (SSSR count). The van der Waals surface area contributed by atoms with E-state index in [0.29, 0.717) is 25.8 Å². The molecular weight excluding hydrogens is 460 g/mol. The number of benzene rings is 1. The Morgan fingerprint density at radius 1 is 0.829 bits per heavy atom. The van der Waals surface area contributed by atoms with Gasteiger partial charge >= 0.3 is 24.0 Å². The number of nitrogens with one attached hydrogen (secondary N) is 2. The number of carbonyl (C=O) groups is 5. The Labute approximate surface area is 204 Å². The molecule has 2 atom stereocenters. The van der Waals surface area contributed by atoms with E-state index in [1.54, 1.807) is 0 Å². The number of rotatable bonds is 14. The van der Waals surface area contributed by atoms with E-state index in [-0.39, 0.29) is 13.0 Å². The lowest BCUT2D eigenvalue weighted by Crippen LogP contribution is -2.51. The van der Waals surface area contributed by atoms with Crippen molar-refractivity contribution in [2.24, 2.45) is 11.8 Å². The zero-order chi connectivity index (χ0) is 26.2. The summed E-state index contributed by atoms with van der Waals surface area (Å²) in [5.41, 5.74) is 0.887. The highest BCUT2D eigenvalue weighted by atomic mass is 16.6. The summed E-state index contributed by atoms with van der Waals surface area (Å²) in [6, 6.07) is 8.05. The Bertz CT molecular complexity index is 829. The van der Waals surface area contributed by atoms with E-state index in [4.69, 9.17) is 9.47 Å². The number of amides is 2.